The fourth-order valence-electron chi connectivity index (χ4n) is 2.47. The summed E-state index contributed by atoms with van der Waals surface area (Å²) in [6.45, 7) is 5.25. The average molecular weight is 365 g/mol. The van der Waals surface area contributed by atoms with Crippen LogP contribution >= 0.6 is 0 Å². The number of aryl methyl sites for hydroxylation is 2. The fourth-order valence-corrected chi connectivity index (χ4v) is 3.44. The van der Waals surface area contributed by atoms with Crippen LogP contribution < -0.4 is 9.62 Å². The van der Waals surface area contributed by atoms with Crippen LogP contribution in [0.4, 0.5) is 10.8 Å². The van der Waals surface area contributed by atoms with E-state index in [1.54, 1.807) is 19.1 Å². The van der Waals surface area contributed by atoms with Gasteiger partial charge in [-0.15, -0.1) is 5.10 Å². The molecule has 2 heterocycles. The fraction of sp³-hybridized carbons (Fsp3) is 0.400. The Bertz CT molecular complexity index is 854. The molecule has 0 spiro atoms. The van der Waals surface area contributed by atoms with Crippen molar-refractivity contribution in [3.8, 4) is 0 Å². The predicted octanol–water partition coefficient (Wildman–Crippen LogP) is 0.907. The summed E-state index contributed by atoms with van der Waals surface area (Å²) in [6, 6.07) is 6.09. The van der Waals surface area contributed by atoms with Gasteiger partial charge in [0.25, 0.3) is 10.0 Å². The highest BCUT2D eigenvalue weighted by atomic mass is 32.2. The van der Waals surface area contributed by atoms with Crippen LogP contribution in [0.3, 0.4) is 0 Å². The van der Waals surface area contributed by atoms with E-state index in [1.807, 2.05) is 11.8 Å². The lowest BCUT2D eigenvalue weighted by atomic mass is 10.2. The summed E-state index contributed by atoms with van der Waals surface area (Å²) in [5, 5.41) is 7.71. The van der Waals surface area contributed by atoms with Crippen molar-refractivity contribution in [2.45, 2.75) is 18.7 Å². The Hall–Kier alpha value is -2.62. The van der Waals surface area contributed by atoms with E-state index in [9.17, 15) is 13.2 Å². The molecule has 25 heavy (non-hydrogen) atoms. The minimum absolute atomic E-state index is 0.0615. The molecule has 134 valence electrons. The Labute approximate surface area is 145 Å². The largest absolute Gasteiger partial charge is 0.408 e. The molecule has 2 amide bonds. The minimum atomic E-state index is -3.88. The van der Waals surface area contributed by atoms with E-state index in [4.69, 9.17) is 4.42 Å². The second-order valence-electron chi connectivity index (χ2n) is 5.80. The number of carbonyl (C=O) groups excluding carboxylic acids is 1. The van der Waals surface area contributed by atoms with Crippen LogP contribution in [-0.4, -0.2) is 55.7 Å². The Morgan fingerprint density at radius 3 is 2.28 bits per heavy atom. The van der Waals surface area contributed by atoms with Gasteiger partial charge in [-0.3, -0.25) is 0 Å². The van der Waals surface area contributed by atoms with E-state index in [0.29, 0.717) is 38.1 Å². The van der Waals surface area contributed by atoms with Gasteiger partial charge in [0.05, 0.1) is 4.90 Å². The van der Waals surface area contributed by atoms with Gasteiger partial charge >= 0.3 is 12.0 Å². The lowest BCUT2D eigenvalue weighted by molar-refractivity contribution is 0.199. The van der Waals surface area contributed by atoms with Crippen LogP contribution in [0.15, 0.2) is 33.6 Å². The minimum Gasteiger partial charge on any atom is -0.408 e. The van der Waals surface area contributed by atoms with Gasteiger partial charge in [-0.05, 0) is 19.1 Å². The number of anilines is 1. The molecule has 1 aromatic carbocycles. The van der Waals surface area contributed by atoms with Crippen molar-refractivity contribution in [2.75, 3.05) is 31.1 Å². The molecule has 1 aliphatic heterocycles. The monoisotopic (exact) mass is 365 g/mol. The number of hydrogen-bond donors (Lipinski definition) is 1. The molecular formula is C15H19N5O4S. The van der Waals surface area contributed by atoms with Crippen LogP contribution in [0.1, 0.15) is 11.5 Å². The molecule has 0 unspecified atom stereocenters. The number of urea groups is 1. The van der Waals surface area contributed by atoms with E-state index in [1.165, 1.54) is 17.0 Å². The molecular weight excluding hydrogens is 346 g/mol. The number of piperazine rings is 1. The molecule has 0 saturated carbocycles. The van der Waals surface area contributed by atoms with Crippen molar-refractivity contribution in [3.05, 3.63) is 35.7 Å². The third kappa shape index (κ3) is 3.90. The molecule has 10 heteroatoms. The van der Waals surface area contributed by atoms with Crippen LogP contribution in [-0.2, 0) is 10.0 Å². The third-order valence-electron chi connectivity index (χ3n) is 3.91. The number of sulfonamides is 1. The molecule has 0 atom stereocenters. The quantitative estimate of drug-likeness (QED) is 0.861. The third-order valence-corrected chi connectivity index (χ3v) is 5.24. The van der Waals surface area contributed by atoms with Crippen molar-refractivity contribution in [2.24, 2.45) is 0 Å². The van der Waals surface area contributed by atoms with Crippen molar-refractivity contribution >= 4 is 22.1 Å². The molecule has 0 radical (unpaired) electrons. The maximum atomic E-state index is 12.3. The number of amides is 2. The van der Waals surface area contributed by atoms with E-state index in [2.05, 4.69) is 14.9 Å². The molecule has 1 aliphatic rings. The molecule has 1 saturated heterocycles. The first-order chi connectivity index (χ1) is 11.8. The Morgan fingerprint density at radius 2 is 1.72 bits per heavy atom. The van der Waals surface area contributed by atoms with Gasteiger partial charge in [0.15, 0.2) is 0 Å². The Balaban J connectivity index is 1.60. The molecule has 1 fully saturated rings. The van der Waals surface area contributed by atoms with Crippen LogP contribution in [0.25, 0.3) is 0 Å². The molecule has 0 bridgehead atoms. The van der Waals surface area contributed by atoms with Gasteiger partial charge in [-0.25, -0.2) is 17.9 Å². The molecule has 1 aromatic heterocycles. The molecule has 3 rings (SSSR count). The molecule has 1 N–H and O–H groups in total. The van der Waals surface area contributed by atoms with Crippen molar-refractivity contribution in [1.29, 1.82) is 0 Å². The number of hydrogen-bond acceptors (Lipinski definition) is 7. The first kappa shape index (κ1) is 17.2. The lowest BCUT2D eigenvalue weighted by Crippen LogP contribution is -2.52. The number of aromatic nitrogens is 2. The highest BCUT2D eigenvalue weighted by Crippen LogP contribution is 2.15. The summed E-state index contributed by atoms with van der Waals surface area (Å²) >= 11 is 0. The summed E-state index contributed by atoms with van der Waals surface area (Å²) in [6.07, 6.45) is 0. The zero-order valence-electron chi connectivity index (χ0n) is 14.0. The topological polar surface area (TPSA) is 109 Å². The number of benzene rings is 1. The maximum absolute atomic E-state index is 12.3. The summed E-state index contributed by atoms with van der Waals surface area (Å²) < 4.78 is 32.0. The van der Waals surface area contributed by atoms with Crippen LogP contribution in [0, 0.1) is 13.8 Å². The molecule has 2 aromatic rings. The first-order valence-corrected chi connectivity index (χ1v) is 9.27. The van der Waals surface area contributed by atoms with Gasteiger partial charge in [-0.2, -0.15) is 0 Å². The van der Waals surface area contributed by atoms with E-state index in [-0.39, 0.29) is 4.90 Å². The highest BCUT2D eigenvalue weighted by molar-refractivity contribution is 7.90. The van der Waals surface area contributed by atoms with Gasteiger partial charge in [0.1, 0.15) is 0 Å². The zero-order valence-corrected chi connectivity index (χ0v) is 14.8. The summed E-state index contributed by atoms with van der Waals surface area (Å²) in [4.78, 5) is 15.6. The number of carbonyl (C=O) groups is 1. The highest BCUT2D eigenvalue weighted by Gasteiger charge is 2.27. The van der Waals surface area contributed by atoms with E-state index < -0.39 is 16.1 Å². The van der Waals surface area contributed by atoms with Gasteiger partial charge in [-0.1, -0.05) is 22.8 Å². The van der Waals surface area contributed by atoms with Gasteiger partial charge < -0.3 is 14.2 Å². The second kappa shape index (κ2) is 6.71. The van der Waals surface area contributed by atoms with E-state index in [0.717, 1.165) is 5.56 Å². The van der Waals surface area contributed by atoms with Gasteiger partial charge in [0.2, 0.25) is 5.89 Å². The number of nitrogens with zero attached hydrogens (tertiary/aromatic N) is 4. The van der Waals surface area contributed by atoms with Crippen molar-refractivity contribution in [3.63, 3.8) is 0 Å². The molecule has 0 aliphatic carbocycles. The first-order valence-electron chi connectivity index (χ1n) is 7.78. The summed E-state index contributed by atoms with van der Waals surface area (Å²) in [5.74, 6) is 0.472. The summed E-state index contributed by atoms with van der Waals surface area (Å²) in [5.41, 5.74) is 0.942. The maximum Gasteiger partial charge on any atom is 0.331 e. The van der Waals surface area contributed by atoms with Crippen LogP contribution in [0.2, 0.25) is 0 Å². The van der Waals surface area contributed by atoms with Gasteiger partial charge in [0, 0.05) is 33.1 Å². The molecule has 9 nitrogen and oxygen atoms in total. The Kier molecular flexibility index (Phi) is 4.62. The number of nitrogens with one attached hydrogen (secondary N) is 1. The lowest BCUT2D eigenvalue weighted by Gasteiger charge is -2.33. The smallest absolute Gasteiger partial charge is 0.331 e. The standard InChI is InChI=1S/C15H19N5O4S/c1-11-3-5-13(6-4-11)25(22,23)18-14(21)19-7-9-20(10-8-19)15-17-16-12(2)24-15/h3-6H,7-10H2,1-2H3,(H,18,21). The summed E-state index contributed by atoms with van der Waals surface area (Å²) in [7, 11) is -3.88. The normalized spacial score (nSPS) is 15.3. The zero-order chi connectivity index (χ0) is 18.0. The SMILES string of the molecule is Cc1ccc(S(=O)(=O)NC(=O)N2CCN(c3nnc(C)o3)CC2)cc1. The average Bonchev–Trinajstić information content (AvgIpc) is 3.01. The predicted molar refractivity (Wildman–Crippen MR) is 89.7 cm³/mol. The van der Waals surface area contributed by atoms with Crippen molar-refractivity contribution < 1.29 is 17.6 Å². The Morgan fingerprint density at radius 1 is 1.08 bits per heavy atom. The van der Waals surface area contributed by atoms with E-state index >= 15 is 0 Å². The second-order valence-corrected chi connectivity index (χ2v) is 7.48. The number of rotatable bonds is 3. The van der Waals surface area contributed by atoms with Crippen molar-refractivity contribution in [1.82, 2.24) is 19.8 Å². The van der Waals surface area contributed by atoms with Crippen LogP contribution in [0.5, 0.6) is 0 Å².